The summed E-state index contributed by atoms with van der Waals surface area (Å²) in [6, 6.07) is 12.8. The molecule has 2 aromatic carbocycles. The number of amides is 2. The van der Waals surface area contributed by atoms with Crippen molar-refractivity contribution in [2.24, 2.45) is 5.73 Å². The predicted molar refractivity (Wildman–Crippen MR) is 116 cm³/mol. The van der Waals surface area contributed by atoms with E-state index in [0.29, 0.717) is 29.9 Å². The number of primary amides is 1. The van der Waals surface area contributed by atoms with Crippen LogP contribution in [0.5, 0.6) is 0 Å². The molecule has 3 N–H and O–H groups in total. The van der Waals surface area contributed by atoms with E-state index in [4.69, 9.17) is 5.73 Å². The van der Waals surface area contributed by atoms with Crippen LogP contribution in [-0.4, -0.2) is 37.6 Å². The smallest absolute Gasteiger partial charge is 0.248 e. The zero-order valence-electron chi connectivity index (χ0n) is 16.6. The number of sulfonamides is 1. The van der Waals surface area contributed by atoms with Gasteiger partial charge in [-0.25, -0.2) is 8.42 Å². The van der Waals surface area contributed by atoms with Crippen LogP contribution in [0.25, 0.3) is 6.08 Å². The lowest BCUT2D eigenvalue weighted by atomic mass is 10.2. The fourth-order valence-corrected chi connectivity index (χ4v) is 4.81. The molecule has 30 heavy (non-hydrogen) atoms. The minimum absolute atomic E-state index is 0.259. The molecule has 3 rings (SSSR count). The fraction of sp³-hybridized carbons (Fsp3) is 0.273. The molecule has 8 heteroatoms. The highest BCUT2D eigenvalue weighted by molar-refractivity contribution is 7.89. The summed E-state index contributed by atoms with van der Waals surface area (Å²) in [6.07, 6.45) is 6.83. The Hall–Kier alpha value is -2.97. The third-order valence-electron chi connectivity index (χ3n) is 4.92. The first kappa shape index (κ1) is 21.7. The van der Waals surface area contributed by atoms with E-state index in [1.807, 2.05) is 0 Å². The minimum Gasteiger partial charge on any atom is -0.366 e. The molecule has 158 valence electrons. The number of carbonyl (C=O) groups excluding carboxylic acids is 2. The van der Waals surface area contributed by atoms with Crippen molar-refractivity contribution < 1.29 is 18.0 Å². The van der Waals surface area contributed by atoms with Crippen LogP contribution >= 0.6 is 0 Å². The Morgan fingerprint density at radius 1 is 0.967 bits per heavy atom. The van der Waals surface area contributed by atoms with Crippen molar-refractivity contribution in [1.29, 1.82) is 0 Å². The third-order valence-corrected chi connectivity index (χ3v) is 6.84. The lowest BCUT2D eigenvalue weighted by Crippen LogP contribution is -2.31. The van der Waals surface area contributed by atoms with Crippen molar-refractivity contribution in [3.8, 4) is 0 Å². The van der Waals surface area contributed by atoms with E-state index in [9.17, 15) is 18.0 Å². The monoisotopic (exact) mass is 427 g/mol. The highest BCUT2D eigenvalue weighted by Gasteiger charge is 2.24. The molecular weight excluding hydrogens is 402 g/mol. The van der Waals surface area contributed by atoms with E-state index in [1.54, 1.807) is 52.8 Å². The van der Waals surface area contributed by atoms with Gasteiger partial charge in [0, 0.05) is 30.4 Å². The molecule has 0 aromatic heterocycles. The second kappa shape index (κ2) is 9.69. The van der Waals surface area contributed by atoms with Crippen molar-refractivity contribution in [3.05, 3.63) is 65.7 Å². The Bertz CT molecular complexity index is 1040. The quantitative estimate of drug-likeness (QED) is 0.691. The number of nitrogens with zero attached hydrogens (tertiary/aromatic N) is 1. The van der Waals surface area contributed by atoms with Gasteiger partial charge in [-0.1, -0.05) is 31.0 Å². The van der Waals surface area contributed by atoms with Gasteiger partial charge in [0.15, 0.2) is 0 Å². The van der Waals surface area contributed by atoms with Crippen molar-refractivity contribution >= 4 is 33.6 Å². The normalized spacial score (nSPS) is 15.6. The fourth-order valence-electron chi connectivity index (χ4n) is 3.29. The molecule has 1 fully saturated rings. The summed E-state index contributed by atoms with van der Waals surface area (Å²) in [5.74, 6) is -0.949. The average Bonchev–Trinajstić information content (AvgIpc) is 3.03. The standard InChI is InChI=1S/C22H25N3O4S/c23-22(27)18-6-5-7-19(16-18)24-21(26)13-10-17-8-11-20(12-9-17)30(28,29)25-14-3-1-2-4-15-25/h5-13,16H,1-4,14-15H2,(H2,23,27)(H,24,26)/b13-10+. The molecule has 0 unspecified atom stereocenters. The summed E-state index contributed by atoms with van der Waals surface area (Å²) in [4.78, 5) is 23.6. The van der Waals surface area contributed by atoms with Crippen LogP contribution in [0.15, 0.2) is 59.5 Å². The predicted octanol–water partition coefficient (Wildman–Crippen LogP) is 3.00. The number of carbonyl (C=O) groups is 2. The van der Waals surface area contributed by atoms with Gasteiger partial charge in [0.2, 0.25) is 21.8 Å². The molecule has 7 nitrogen and oxygen atoms in total. The van der Waals surface area contributed by atoms with Crippen LogP contribution in [0.1, 0.15) is 41.6 Å². The summed E-state index contributed by atoms with van der Waals surface area (Å²) in [5, 5.41) is 2.66. The Morgan fingerprint density at radius 2 is 1.63 bits per heavy atom. The van der Waals surface area contributed by atoms with Crippen LogP contribution in [0, 0.1) is 0 Å². The van der Waals surface area contributed by atoms with Gasteiger partial charge in [0.25, 0.3) is 0 Å². The Kier molecular flexibility index (Phi) is 7.02. The van der Waals surface area contributed by atoms with Crippen molar-refractivity contribution in [3.63, 3.8) is 0 Å². The minimum atomic E-state index is -3.49. The number of benzene rings is 2. The Morgan fingerprint density at radius 3 is 2.27 bits per heavy atom. The molecule has 1 aliphatic heterocycles. The lowest BCUT2D eigenvalue weighted by Gasteiger charge is -2.19. The molecule has 0 spiro atoms. The van der Waals surface area contributed by atoms with Crippen LogP contribution in [0.2, 0.25) is 0 Å². The zero-order chi connectivity index (χ0) is 21.6. The van der Waals surface area contributed by atoms with E-state index in [-0.39, 0.29) is 10.8 Å². The average molecular weight is 428 g/mol. The molecule has 0 saturated carbocycles. The van der Waals surface area contributed by atoms with Gasteiger partial charge in [-0.3, -0.25) is 9.59 Å². The first-order valence-electron chi connectivity index (χ1n) is 9.85. The van der Waals surface area contributed by atoms with E-state index >= 15 is 0 Å². The molecule has 1 aliphatic rings. The molecular formula is C22H25N3O4S. The number of rotatable bonds is 6. The summed E-state index contributed by atoms with van der Waals surface area (Å²) < 4.78 is 27.2. The lowest BCUT2D eigenvalue weighted by molar-refractivity contribution is -0.111. The number of nitrogens with one attached hydrogen (secondary N) is 1. The van der Waals surface area contributed by atoms with Gasteiger partial charge in [0.1, 0.15) is 0 Å². The highest BCUT2D eigenvalue weighted by Crippen LogP contribution is 2.21. The molecule has 0 bridgehead atoms. The molecule has 2 amide bonds. The van der Waals surface area contributed by atoms with E-state index in [0.717, 1.165) is 25.7 Å². The van der Waals surface area contributed by atoms with Gasteiger partial charge in [0.05, 0.1) is 4.90 Å². The second-order valence-corrected chi connectivity index (χ2v) is 9.09. The number of hydrogen-bond acceptors (Lipinski definition) is 4. The summed E-state index contributed by atoms with van der Waals surface area (Å²) in [5.41, 5.74) is 6.70. The van der Waals surface area contributed by atoms with E-state index in [1.165, 1.54) is 12.1 Å². The Labute approximate surface area is 176 Å². The zero-order valence-corrected chi connectivity index (χ0v) is 17.4. The van der Waals surface area contributed by atoms with Crippen molar-refractivity contribution in [1.82, 2.24) is 4.31 Å². The van der Waals surface area contributed by atoms with Crippen LogP contribution in [-0.2, 0) is 14.8 Å². The topological polar surface area (TPSA) is 110 Å². The first-order chi connectivity index (χ1) is 14.4. The first-order valence-corrected chi connectivity index (χ1v) is 11.3. The van der Waals surface area contributed by atoms with Gasteiger partial charge in [-0.2, -0.15) is 4.31 Å². The molecule has 0 radical (unpaired) electrons. The van der Waals surface area contributed by atoms with Crippen LogP contribution in [0.4, 0.5) is 5.69 Å². The maximum atomic E-state index is 12.8. The van der Waals surface area contributed by atoms with Crippen molar-refractivity contribution in [2.45, 2.75) is 30.6 Å². The molecule has 2 aromatic rings. The van der Waals surface area contributed by atoms with Gasteiger partial charge in [-0.05, 0) is 54.8 Å². The highest BCUT2D eigenvalue weighted by atomic mass is 32.2. The van der Waals surface area contributed by atoms with Crippen molar-refractivity contribution in [2.75, 3.05) is 18.4 Å². The molecule has 0 aliphatic carbocycles. The number of nitrogens with two attached hydrogens (primary N) is 1. The van der Waals surface area contributed by atoms with Gasteiger partial charge in [-0.15, -0.1) is 0 Å². The maximum absolute atomic E-state index is 12.8. The molecule has 1 saturated heterocycles. The molecule has 0 atom stereocenters. The largest absolute Gasteiger partial charge is 0.366 e. The third kappa shape index (κ3) is 5.55. The Balaban J connectivity index is 1.64. The second-order valence-electron chi connectivity index (χ2n) is 7.15. The summed E-state index contributed by atoms with van der Waals surface area (Å²) >= 11 is 0. The molecule has 1 heterocycles. The summed E-state index contributed by atoms with van der Waals surface area (Å²) in [6.45, 7) is 1.11. The van der Waals surface area contributed by atoms with Gasteiger partial charge >= 0.3 is 0 Å². The SMILES string of the molecule is NC(=O)c1cccc(NC(=O)/C=C/c2ccc(S(=O)(=O)N3CCCCCC3)cc2)c1. The number of anilines is 1. The summed E-state index contributed by atoms with van der Waals surface area (Å²) in [7, 11) is -3.49. The number of hydrogen-bond donors (Lipinski definition) is 2. The van der Waals surface area contributed by atoms with E-state index < -0.39 is 15.9 Å². The maximum Gasteiger partial charge on any atom is 0.248 e. The van der Waals surface area contributed by atoms with Crippen LogP contribution in [0.3, 0.4) is 0 Å². The van der Waals surface area contributed by atoms with Gasteiger partial charge < -0.3 is 11.1 Å². The van der Waals surface area contributed by atoms with Crippen LogP contribution < -0.4 is 11.1 Å². The van der Waals surface area contributed by atoms with E-state index in [2.05, 4.69) is 5.32 Å².